The smallest absolute Gasteiger partial charge is 0.255 e. The van der Waals surface area contributed by atoms with E-state index in [0.29, 0.717) is 18.1 Å². The molecule has 25 heavy (non-hydrogen) atoms. The van der Waals surface area contributed by atoms with Crippen LogP contribution < -0.4 is 10.2 Å². The average molecular weight is 336 g/mol. The highest BCUT2D eigenvalue weighted by Gasteiger charge is 2.15. The molecule has 0 unspecified atom stereocenters. The highest BCUT2D eigenvalue weighted by molar-refractivity contribution is 5.95. The number of rotatable bonds is 5. The van der Waals surface area contributed by atoms with E-state index in [1.807, 2.05) is 56.3 Å². The second-order valence-corrected chi connectivity index (χ2v) is 5.82. The van der Waals surface area contributed by atoms with E-state index in [1.54, 1.807) is 23.1 Å². The maximum atomic E-state index is 12.5. The third kappa shape index (κ3) is 3.65. The first kappa shape index (κ1) is 16.6. The summed E-state index contributed by atoms with van der Waals surface area (Å²) < 4.78 is 1.75. The lowest BCUT2D eigenvalue weighted by molar-refractivity contribution is 0.0949. The molecular formula is C18H20N6O. The molecule has 2 aromatic heterocycles. The molecule has 0 spiro atoms. The lowest BCUT2D eigenvalue weighted by atomic mass is 10.2. The maximum absolute atomic E-state index is 12.5. The van der Waals surface area contributed by atoms with Crippen molar-refractivity contribution in [1.82, 2.24) is 25.1 Å². The minimum atomic E-state index is -0.176. The van der Waals surface area contributed by atoms with Gasteiger partial charge >= 0.3 is 0 Å². The standard InChI is InChI=1S/C18H20N6O/c1-13-16(12-21-24(13)15-7-5-4-6-8-15)17(25)20-11-14-9-10-19-18(22-14)23(2)3/h4-10,12H,11H2,1-3H3,(H,20,25). The molecular weight excluding hydrogens is 316 g/mol. The van der Waals surface area contributed by atoms with Gasteiger partial charge in [-0.15, -0.1) is 0 Å². The van der Waals surface area contributed by atoms with E-state index in [2.05, 4.69) is 20.4 Å². The second-order valence-electron chi connectivity index (χ2n) is 5.82. The van der Waals surface area contributed by atoms with Crippen molar-refractivity contribution in [3.63, 3.8) is 0 Å². The Labute approximate surface area is 146 Å². The molecule has 0 aliphatic heterocycles. The van der Waals surface area contributed by atoms with Crippen molar-refractivity contribution in [3.8, 4) is 5.69 Å². The molecule has 0 atom stereocenters. The molecule has 7 heteroatoms. The van der Waals surface area contributed by atoms with Crippen molar-refractivity contribution in [1.29, 1.82) is 0 Å². The van der Waals surface area contributed by atoms with Gasteiger partial charge in [-0.05, 0) is 25.1 Å². The van der Waals surface area contributed by atoms with Gasteiger partial charge in [-0.25, -0.2) is 14.6 Å². The van der Waals surface area contributed by atoms with Crippen molar-refractivity contribution in [3.05, 3.63) is 65.7 Å². The number of nitrogens with one attached hydrogen (secondary N) is 1. The van der Waals surface area contributed by atoms with Crippen molar-refractivity contribution < 1.29 is 4.79 Å². The number of anilines is 1. The summed E-state index contributed by atoms with van der Waals surface area (Å²) in [5.74, 6) is 0.435. The van der Waals surface area contributed by atoms with Crippen LogP contribution in [-0.2, 0) is 6.54 Å². The monoisotopic (exact) mass is 336 g/mol. The topological polar surface area (TPSA) is 75.9 Å². The summed E-state index contributed by atoms with van der Waals surface area (Å²) in [5, 5.41) is 7.21. The fourth-order valence-corrected chi connectivity index (χ4v) is 2.43. The predicted octanol–water partition coefficient (Wildman–Crippen LogP) is 1.97. The lowest BCUT2D eigenvalue weighted by Crippen LogP contribution is -2.24. The Morgan fingerprint density at radius 3 is 2.68 bits per heavy atom. The molecule has 1 aromatic carbocycles. The average Bonchev–Trinajstić information content (AvgIpc) is 3.02. The summed E-state index contributed by atoms with van der Waals surface area (Å²) in [6, 6.07) is 11.5. The zero-order chi connectivity index (χ0) is 17.8. The normalized spacial score (nSPS) is 10.5. The van der Waals surface area contributed by atoms with E-state index in [-0.39, 0.29) is 5.91 Å². The first-order chi connectivity index (χ1) is 12.1. The fourth-order valence-electron chi connectivity index (χ4n) is 2.43. The quantitative estimate of drug-likeness (QED) is 0.771. The van der Waals surface area contributed by atoms with Crippen molar-refractivity contribution >= 4 is 11.9 Å². The van der Waals surface area contributed by atoms with Gasteiger partial charge in [0, 0.05) is 20.3 Å². The van der Waals surface area contributed by atoms with Crippen LogP contribution in [0.2, 0.25) is 0 Å². The number of nitrogens with zero attached hydrogens (tertiary/aromatic N) is 5. The molecule has 2 heterocycles. The summed E-state index contributed by atoms with van der Waals surface area (Å²) in [6.07, 6.45) is 3.27. The molecule has 0 saturated carbocycles. The van der Waals surface area contributed by atoms with E-state index in [1.165, 1.54) is 0 Å². The van der Waals surface area contributed by atoms with Crippen LogP contribution >= 0.6 is 0 Å². The maximum Gasteiger partial charge on any atom is 0.255 e. The highest BCUT2D eigenvalue weighted by Crippen LogP contribution is 2.14. The minimum Gasteiger partial charge on any atom is -0.347 e. The van der Waals surface area contributed by atoms with Gasteiger partial charge in [-0.2, -0.15) is 5.10 Å². The molecule has 0 radical (unpaired) electrons. The van der Waals surface area contributed by atoms with Gasteiger partial charge in [0.15, 0.2) is 0 Å². The van der Waals surface area contributed by atoms with E-state index in [0.717, 1.165) is 17.1 Å². The molecule has 1 N–H and O–H groups in total. The fraction of sp³-hybridized carbons (Fsp3) is 0.222. The van der Waals surface area contributed by atoms with E-state index < -0.39 is 0 Å². The number of carbonyl (C=O) groups is 1. The van der Waals surface area contributed by atoms with Crippen molar-refractivity contribution in [2.45, 2.75) is 13.5 Å². The van der Waals surface area contributed by atoms with Gasteiger partial charge in [0.1, 0.15) is 0 Å². The third-order valence-corrected chi connectivity index (χ3v) is 3.79. The number of benzene rings is 1. The van der Waals surface area contributed by atoms with Gasteiger partial charge in [0.2, 0.25) is 5.95 Å². The van der Waals surface area contributed by atoms with Crippen molar-refractivity contribution in [2.24, 2.45) is 0 Å². The number of hydrogen-bond acceptors (Lipinski definition) is 5. The Morgan fingerprint density at radius 2 is 1.96 bits per heavy atom. The predicted molar refractivity (Wildman–Crippen MR) is 95.8 cm³/mol. The molecule has 7 nitrogen and oxygen atoms in total. The first-order valence-electron chi connectivity index (χ1n) is 7.94. The zero-order valence-electron chi connectivity index (χ0n) is 14.5. The number of amides is 1. The van der Waals surface area contributed by atoms with Crippen molar-refractivity contribution in [2.75, 3.05) is 19.0 Å². The highest BCUT2D eigenvalue weighted by atomic mass is 16.1. The second kappa shape index (κ2) is 7.12. The summed E-state index contributed by atoms with van der Waals surface area (Å²) in [7, 11) is 3.75. The van der Waals surface area contributed by atoms with Gasteiger partial charge in [-0.3, -0.25) is 4.79 Å². The van der Waals surface area contributed by atoms with Crippen LogP contribution in [-0.4, -0.2) is 39.8 Å². The minimum absolute atomic E-state index is 0.176. The molecule has 0 aliphatic rings. The van der Waals surface area contributed by atoms with Gasteiger partial charge in [-0.1, -0.05) is 18.2 Å². The van der Waals surface area contributed by atoms with Crippen LogP contribution in [0.3, 0.4) is 0 Å². The van der Waals surface area contributed by atoms with Crippen LogP contribution in [0.25, 0.3) is 5.69 Å². The molecule has 1 amide bonds. The van der Waals surface area contributed by atoms with Crippen LogP contribution in [0.4, 0.5) is 5.95 Å². The molecule has 0 fully saturated rings. The summed E-state index contributed by atoms with van der Waals surface area (Å²) in [5.41, 5.74) is 3.01. The van der Waals surface area contributed by atoms with Crippen LogP contribution in [0, 0.1) is 6.92 Å². The Hall–Kier alpha value is -3.22. The van der Waals surface area contributed by atoms with E-state index >= 15 is 0 Å². The van der Waals surface area contributed by atoms with E-state index in [4.69, 9.17) is 0 Å². The molecule has 3 rings (SSSR count). The Bertz CT molecular complexity index is 872. The molecule has 0 aliphatic carbocycles. The first-order valence-corrected chi connectivity index (χ1v) is 7.94. The largest absolute Gasteiger partial charge is 0.347 e. The van der Waals surface area contributed by atoms with Crippen LogP contribution in [0.1, 0.15) is 21.7 Å². The number of carbonyl (C=O) groups excluding carboxylic acids is 1. The van der Waals surface area contributed by atoms with Crippen LogP contribution in [0.15, 0.2) is 48.8 Å². The molecule has 128 valence electrons. The third-order valence-electron chi connectivity index (χ3n) is 3.79. The number of hydrogen-bond donors (Lipinski definition) is 1. The Kier molecular flexibility index (Phi) is 4.74. The zero-order valence-corrected chi connectivity index (χ0v) is 14.5. The Morgan fingerprint density at radius 1 is 1.20 bits per heavy atom. The Balaban J connectivity index is 1.72. The van der Waals surface area contributed by atoms with Gasteiger partial charge in [0.25, 0.3) is 5.91 Å². The van der Waals surface area contributed by atoms with E-state index in [9.17, 15) is 4.79 Å². The SMILES string of the molecule is Cc1c(C(=O)NCc2ccnc(N(C)C)n2)cnn1-c1ccccc1. The van der Waals surface area contributed by atoms with Crippen LogP contribution in [0.5, 0.6) is 0 Å². The molecule has 0 bridgehead atoms. The summed E-state index contributed by atoms with van der Waals surface area (Å²) >= 11 is 0. The van der Waals surface area contributed by atoms with Gasteiger partial charge < -0.3 is 10.2 Å². The molecule has 3 aromatic rings. The summed E-state index contributed by atoms with van der Waals surface area (Å²) in [4.78, 5) is 22.9. The lowest BCUT2D eigenvalue weighted by Gasteiger charge is -2.11. The number of para-hydroxylation sites is 1. The molecule has 0 saturated heterocycles. The van der Waals surface area contributed by atoms with Gasteiger partial charge in [0.05, 0.1) is 35.4 Å². The summed E-state index contributed by atoms with van der Waals surface area (Å²) in [6.45, 7) is 2.21. The number of aromatic nitrogens is 4.